The summed E-state index contributed by atoms with van der Waals surface area (Å²) in [6, 6.07) is 0. The lowest BCUT2D eigenvalue weighted by atomic mass is 10.2. The lowest BCUT2D eigenvalue weighted by Crippen LogP contribution is -1.70. The Morgan fingerprint density at radius 1 is 1.50 bits per heavy atom. The first-order chi connectivity index (χ1) is 3.93. The van der Waals surface area contributed by atoms with E-state index in [9.17, 15) is 0 Å². The van der Waals surface area contributed by atoms with Crippen molar-refractivity contribution in [1.82, 2.24) is 0 Å². The quantitative estimate of drug-likeness (QED) is 0.490. The van der Waals surface area contributed by atoms with Crippen LogP contribution in [0.3, 0.4) is 0 Å². The summed E-state index contributed by atoms with van der Waals surface area (Å²) in [5.41, 5.74) is 0. The first kappa shape index (κ1) is 5.87. The van der Waals surface area contributed by atoms with Crippen LogP contribution in [0.2, 0.25) is 0 Å². The number of hydrogen-bond acceptors (Lipinski definition) is 0. The van der Waals surface area contributed by atoms with E-state index in [0.29, 0.717) is 0 Å². The van der Waals surface area contributed by atoms with Crippen molar-refractivity contribution in [1.29, 1.82) is 0 Å². The predicted octanol–water partition coefficient (Wildman–Crippen LogP) is 2.75. The summed E-state index contributed by atoms with van der Waals surface area (Å²) in [6.07, 6.45) is 10.1. The Morgan fingerprint density at radius 3 is 2.75 bits per heavy atom. The van der Waals surface area contributed by atoms with Gasteiger partial charge in [-0.25, -0.2) is 0 Å². The van der Waals surface area contributed by atoms with Crippen molar-refractivity contribution < 1.29 is 0 Å². The van der Waals surface area contributed by atoms with Gasteiger partial charge in [0.2, 0.25) is 0 Å². The van der Waals surface area contributed by atoms with E-state index in [4.69, 9.17) is 0 Å². The molecular weight excluding hydrogens is 96.1 g/mol. The molecule has 0 unspecified atom stereocenters. The summed E-state index contributed by atoms with van der Waals surface area (Å²) in [6.45, 7) is 2.09. The predicted molar refractivity (Wildman–Crippen MR) is 36.8 cm³/mol. The molecule has 0 aromatic rings. The van der Waals surface area contributed by atoms with Crippen LogP contribution in [0, 0.1) is 5.92 Å². The average molecular weight is 110 g/mol. The molecule has 1 aliphatic rings. The summed E-state index contributed by atoms with van der Waals surface area (Å²) in [5.74, 6) is 1.10. The molecule has 0 heteroatoms. The van der Waals surface area contributed by atoms with Gasteiger partial charge >= 0.3 is 0 Å². The maximum Gasteiger partial charge on any atom is -0.0348 e. The van der Waals surface area contributed by atoms with Gasteiger partial charge in [-0.15, -0.1) is 0 Å². The molecule has 1 aliphatic carbocycles. The molecule has 0 spiro atoms. The Morgan fingerprint density at radius 2 is 2.25 bits per heavy atom. The summed E-state index contributed by atoms with van der Waals surface area (Å²) in [4.78, 5) is 0. The molecule has 0 aromatic carbocycles. The summed E-state index contributed by atoms with van der Waals surface area (Å²) in [7, 11) is 0. The maximum absolute atomic E-state index is 2.26. The maximum atomic E-state index is 2.26. The van der Waals surface area contributed by atoms with Gasteiger partial charge in [0.25, 0.3) is 0 Å². The summed E-state index contributed by atoms with van der Waals surface area (Å²) < 4.78 is 0. The van der Waals surface area contributed by atoms with Crippen LogP contribution >= 0.6 is 0 Å². The van der Waals surface area contributed by atoms with Crippen molar-refractivity contribution in [3.63, 3.8) is 0 Å². The smallest absolute Gasteiger partial charge is 0.0348 e. The Labute approximate surface area is 51.6 Å². The molecule has 0 N–H and O–H groups in total. The molecule has 1 fully saturated rings. The SMILES string of the molecule is CC=CCCC1CC1. The second-order valence-electron chi connectivity index (χ2n) is 2.59. The van der Waals surface area contributed by atoms with Crippen LogP contribution in [0.25, 0.3) is 0 Å². The molecule has 0 radical (unpaired) electrons. The molecule has 0 atom stereocenters. The third-order valence-electron chi connectivity index (χ3n) is 1.67. The second kappa shape index (κ2) is 2.91. The highest BCUT2D eigenvalue weighted by molar-refractivity contribution is 4.81. The average Bonchev–Trinajstić information content (AvgIpc) is 2.51. The normalized spacial score (nSPS) is 20.1. The molecule has 1 saturated carbocycles. The van der Waals surface area contributed by atoms with Crippen LogP contribution in [0.15, 0.2) is 12.2 Å². The molecule has 1 rings (SSSR count). The minimum absolute atomic E-state index is 1.10. The van der Waals surface area contributed by atoms with Gasteiger partial charge in [0.15, 0.2) is 0 Å². The Hall–Kier alpha value is -0.260. The zero-order chi connectivity index (χ0) is 5.82. The van der Waals surface area contributed by atoms with Gasteiger partial charge in [0.05, 0.1) is 0 Å². The molecule has 0 nitrogen and oxygen atoms in total. The lowest BCUT2D eigenvalue weighted by Gasteiger charge is -1.86. The fourth-order valence-corrected chi connectivity index (χ4v) is 0.905. The molecule has 46 valence electrons. The minimum Gasteiger partial charge on any atom is -0.0917 e. The van der Waals surface area contributed by atoms with Crippen molar-refractivity contribution in [3.05, 3.63) is 12.2 Å². The van der Waals surface area contributed by atoms with Crippen molar-refractivity contribution in [2.75, 3.05) is 0 Å². The van der Waals surface area contributed by atoms with Crippen molar-refractivity contribution in [2.45, 2.75) is 32.6 Å². The fraction of sp³-hybridized carbons (Fsp3) is 0.750. The van der Waals surface area contributed by atoms with Crippen LogP contribution in [0.4, 0.5) is 0 Å². The first-order valence-corrected chi connectivity index (χ1v) is 3.54. The van der Waals surface area contributed by atoms with Gasteiger partial charge in [0, 0.05) is 0 Å². The minimum atomic E-state index is 1.10. The Bertz CT molecular complexity index is 78.0. The highest BCUT2D eigenvalue weighted by Gasteiger charge is 2.19. The molecular formula is C8H14. The lowest BCUT2D eigenvalue weighted by molar-refractivity contribution is 0.741. The number of rotatable bonds is 3. The second-order valence-corrected chi connectivity index (χ2v) is 2.59. The first-order valence-electron chi connectivity index (χ1n) is 3.54. The third kappa shape index (κ3) is 2.15. The van der Waals surface area contributed by atoms with E-state index < -0.39 is 0 Å². The van der Waals surface area contributed by atoms with Crippen LogP contribution < -0.4 is 0 Å². The zero-order valence-corrected chi connectivity index (χ0v) is 5.56. The van der Waals surface area contributed by atoms with Gasteiger partial charge in [-0.2, -0.15) is 0 Å². The summed E-state index contributed by atoms with van der Waals surface area (Å²) in [5, 5.41) is 0. The van der Waals surface area contributed by atoms with Crippen LogP contribution in [-0.2, 0) is 0 Å². The van der Waals surface area contributed by atoms with Gasteiger partial charge in [0.1, 0.15) is 0 Å². The van der Waals surface area contributed by atoms with E-state index >= 15 is 0 Å². The van der Waals surface area contributed by atoms with Crippen molar-refractivity contribution in [3.8, 4) is 0 Å². The molecule has 0 saturated heterocycles. The summed E-state index contributed by atoms with van der Waals surface area (Å²) >= 11 is 0. The van der Waals surface area contributed by atoms with Gasteiger partial charge < -0.3 is 0 Å². The van der Waals surface area contributed by atoms with E-state index in [2.05, 4.69) is 19.1 Å². The van der Waals surface area contributed by atoms with E-state index in [1.54, 1.807) is 0 Å². The van der Waals surface area contributed by atoms with Crippen molar-refractivity contribution in [2.24, 2.45) is 5.92 Å². The highest BCUT2D eigenvalue weighted by atomic mass is 14.2. The van der Waals surface area contributed by atoms with Gasteiger partial charge in [-0.3, -0.25) is 0 Å². The van der Waals surface area contributed by atoms with Gasteiger partial charge in [-0.1, -0.05) is 25.0 Å². The Balaban J connectivity index is 1.88. The topological polar surface area (TPSA) is 0 Å². The van der Waals surface area contributed by atoms with E-state index in [1.165, 1.54) is 25.7 Å². The standard InChI is InChI=1S/C8H14/c1-2-3-4-5-8-6-7-8/h2-3,8H,4-7H2,1H3. The van der Waals surface area contributed by atoms with Crippen molar-refractivity contribution >= 4 is 0 Å². The molecule has 0 amide bonds. The molecule has 0 heterocycles. The molecule has 0 aromatic heterocycles. The Kier molecular flexibility index (Phi) is 2.13. The van der Waals surface area contributed by atoms with E-state index in [1.807, 2.05) is 0 Å². The number of hydrogen-bond donors (Lipinski definition) is 0. The van der Waals surface area contributed by atoms with Crippen LogP contribution in [0.1, 0.15) is 32.6 Å². The van der Waals surface area contributed by atoms with Gasteiger partial charge in [-0.05, 0) is 25.7 Å². The zero-order valence-electron chi connectivity index (χ0n) is 5.56. The third-order valence-corrected chi connectivity index (χ3v) is 1.67. The molecule has 0 bridgehead atoms. The monoisotopic (exact) mass is 110 g/mol. The molecule has 8 heavy (non-hydrogen) atoms. The fourth-order valence-electron chi connectivity index (χ4n) is 0.905. The molecule has 0 aliphatic heterocycles. The van der Waals surface area contributed by atoms with Crippen LogP contribution in [0.5, 0.6) is 0 Å². The highest BCUT2D eigenvalue weighted by Crippen LogP contribution is 2.33. The number of allylic oxidation sites excluding steroid dienone is 2. The van der Waals surface area contributed by atoms with E-state index in [0.717, 1.165) is 5.92 Å². The van der Waals surface area contributed by atoms with Crippen LogP contribution in [-0.4, -0.2) is 0 Å². The van der Waals surface area contributed by atoms with E-state index in [-0.39, 0.29) is 0 Å². The largest absolute Gasteiger partial charge is 0.0917 e.